The van der Waals surface area contributed by atoms with Crippen molar-refractivity contribution in [2.75, 3.05) is 5.73 Å². The SMILES string of the molecule is Cc1cccc(-c2noc(COc3cccc(N)c3)n2)n1. The van der Waals surface area contributed by atoms with Gasteiger partial charge in [0.05, 0.1) is 0 Å². The van der Waals surface area contributed by atoms with E-state index in [1.54, 1.807) is 12.1 Å². The second kappa shape index (κ2) is 5.62. The Balaban J connectivity index is 1.71. The maximum Gasteiger partial charge on any atom is 0.264 e. The second-order valence-electron chi connectivity index (χ2n) is 4.54. The van der Waals surface area contributed by atoms with Crippen LogP contribution in [0.1, 0.15) is 11.6 Å². The lowest BCUT2D eigenvalue weighted by molar-refractivity contribution is 0.243. The predicted molar refractivity (Wildman–Crippen MR) is 77.5 cm³/mol. The molecule has 0 saturated carbocycles. The molecule has 0 spiro atoms. The number of ether oxygens (including phenoxy) is 1. The number of aryl methyl sites for hydroxylation is 1. The molecule has 3 rings (SSSR count). The van der Waals surface area contributed by atoms with E-state index in [9.17, 15) is 0 Å². The molecule has 2 heterocycles. The summed E-state index contributed by atoms with van der Waals surface area (Å²) in [5, 5.41) is 3.90. The van der Waals surface area contributed by atoms with Crippen molar-refractivity contribution in [3.63, 3.8) is 0 Å². The summed E-state index contributed by atoms with van der Waals surface area (Å²) in [4.78, 5) is 8.61. The summed E-state index contributed by atoms with van der Waals surface area (Å²) in [6, 6.07) is 12.8. The van der Waals surface area contributed by atoms with Gasteiger partial charge in [0.25, 0.3) is 5.89 Å². The van der Waals surface area contributed by atoms with Crippen LogP contribution in [0.2, 0.25) is 0 Å². The van der Waals surface area contributed by atoms with Crippen LogP contribution in [0.4, 0.5) is 5.69 Å². The molecule has 1 aromatic carbocycles. The van der Waals surface area contributed by atoms with Crippen molar-refractivity contribution in [1.29, 1.82) is 0 Å². The highest BCUT2D eigenvalue weighted by molar-refractivity contribution is 5.48. The number of hydrogen-bond donors (Lipinski definition) is 1. The van der Waals surface area contributed by atoms with Crippen LogP contribution >= 0.6 is 0 Å². The topological polar surface area (TPSA) is 87.1 Å². The van der Waals surface area contributed by atoms with Gasteiger partial charge >= 0.3 is 0 Å². The molecule has 0 radical (unpaired) electrons. The molecule has 21 heavy (non-hydrogen) atoms. The van der Waals surface area contributed by atoms with Gasteiger partial charge in [-0.15, -0.1) is 0 Å². The maximum atomic E-state index is 5.68. The lowest BCUT2D eigenvalue weighted by Crippen LogP contribution is -1.96. The molecule has 0 atom stereocenters. The van der Waals surface area contributed by atoms with Gasteiger partial charge < -0.3 is 15.0 Å². The fraction of sp³-hybridized carbons (Fsp3) is 0.133. The molecular formula is C15H14N4O2. The zero-order valence-electron chi connectivity index (χ0n) is 11.5. The maximum absolute atomic E-state index is 5.68. The molecule has 6 nitrogen and oxygen atoms in total. The van der Waals surface area contributed by atoms with Gasteiger partial charge in [0.1, 0.15) is 11.4 Å². The number of nitrogen functional groups attached to an aromatic ring is 1. The molecule has 2 aromatic heterocycles. The summed E-state index contributed by atoms with van der Waals surface area (Å²) in [5.41, 5.74) is 7.90. The van der Waals surface area contributed by atoms with E-state index < -0.39 is 0 Å². The lowest BCUT2D eigenvalue weighted by atomic mass is 10.3. The van der Waals surface area contributed by atoms with Gasteiger partial charge in [-0.25, -0.2) is 4.98 Å². The van der Waals surface area contributed by atoms with Gasteiger partial charge in [0.2, 0.25) is 5.82 Å². The summed E-state index contributed by atoms with van der Waals surface area (Å²) >= 11 is 0. The van der Waals surface area contributed by atoms with Crippen molar-refractivity contribution in [3.8, 4) is 17.3 Å². The number of anilines is 1. The Morgan fingerprint density at radius 1 is 1.14 bits per heavy atom. The smallest absolute Gasteiger partial charge is 0.264 e. The van der Waals surface area contributed by atoms with Crippen molar-refractivity contribution in [3.05, 3.63) is 54.0 Å². The molecule has 0 aliphatic carbocycles. The lowest BCUT2D eigenvalue weighted by Gasteiger charge is -2.03. The molecule has 0 aliphatic heterocycles. The van der Waals surface area contributed by atoms with Gasteiger partial charge in [-0.05, 0) is 31.2 Å². The second-order valence-corrected chi connectivity index (χ2v) is 4.54. The molecule has 0 aliphatic rings. The Hall–Kier alpha value is -2.89. The molecule has 0 saturated heterocycles. The molecule has 3 aromatic rings. The standard InChI is InChI=1S/C15H14N4O2/c1-10-4-2-7-13(17-10)15-18-14(21-19-15)9-20-12-6-3-5-11(16)8-12/h2-8H,9,16H2,1H3. The first-order valence-corrected chi connectivity index (χ1v) is 6.46. The summed E-state index contributed by atoms with van der Waals surface area (Å²) in [7, 11) is 0. The van der Waals surface area contributed by atoms with Crippen molar-refractivity contribution in [2.45, 2.75) is 13.5 Å². The van der Waals surface area contributed by atoms with Crippen LogP contribution in [0, 0.1) is 6.92 Å². The minimum atomic E-state index is 0.183. The highest BCUT2D eigenvalue weighted by Crippen LogP contribution is 2.17. The average Bonchev–Trinajstić information content (AvgIpc) is 2.94. The van der Waals surface area contributed by atoms with E-state index in [0.29, 0.717) is 28.8 Å². The number of pyridine rings is 1. The first-order valence-electron chi connectivity index (χ1n) is 6.46. The predicted octanol–water partition coefficient (Wildman–Crippen LogP) is 2.60. The first kappa shape index (κ1) is 13.1. The quantitative estimate of drug-likeness (QED) is 0.740. The summed E-state index contributed by atoms with van der Waals surface area (Å²) < 4.78 is 10.7. The minimum Gasteiger partial charge on any atom is -0.484 e. The molecule has 0 unspecified atom stereocenters. The zero-order valence-corrected chi connectivity index (χ0v) is 11.5. The zero-order chi connectivity index (χ0) is 14.7. The normalized spacial score (nSPS) is 10.5. The molecule has 2 N–H and O–H groups in total. The van der Waals surface area contributed by atoms with E-state index in [4.69, 9.17) is 15.0 Å². The van der Waals surface area contributed by atoms with Crippen molar-refractivity contribution < 1.29 is 9.26 Å². The Morgan fingerprint density at radius 3 is 2.81 bits per heavy atom. The number of hydrogen-bond acceptors (Lipinski definition) is 6. The molecule has 106 valence electrons. The van der Waals surface area contributed by atoms with Crippen LogP contribution in [0.15, 0.2) is 47.0 Å². The van der Waals surface area contributed by atoms with E-state index >= 15 is 0 Å². The third-order valence-corrected chi connectivity index (χ3v) is 2.81. The fourth-order valence-corrected chi connectivity index (χ4v) is 1.83. The summed E-state index contributed by atoms with van der Waals surface area (Å²) in [5.74, 6) is 1.49. The number of aromatic nitrogens is 3. The molecule has 0 bridgehead atoms. The van der Waals surface area contributed by atoms with Crippen molar-refractivity contribution >= 4 is 5.69 Å². The van der Waals surface area contributed by atoms with Crippen molar-refractivity contribution in [1.82, 2.24) is 15.1 Å². The van der Waals surface area contributed by atoms with Crippen LogP contribution < -0.4 is 10.5 Å². The third-order valence-electron chi connectivity index (χ3n) is 2.81. The molecule has 0 fully saturated rings. The van der Waals surface area contributed by atoms with E-state index in [2.05, 4.69) is 15.1 Å². The monoisotopic (exact) mass is 282 g/mol. The molecule has 0 amide bonds. The van der Waals surface area contributed by atoms with Gasteiger partial charge in [-0.3, -0.25) is 0 Å². The van der Waals surface area contributed by atoms with Gasteiger partial charge in [-0.1, -0.05) is 17.3 Å². The number of nitrogens with two attached hydrogens (primary N) is 1. The summed E-state index contributed by atoms with van der Waals surface area (Å²) in [6.07, 6.45) is 0. The minimum absolute atomic E-state index is 0.183. The van der Waals surface area contributed by atoms with Crippen LogP contribution in [0.3, 0.4) is 0 Å². The number of rotatable bonds is 4. The van der Waals surface area contributed by atoms with Crippen molar-refractivity contribution in [2.24, 2.45) is 0 Å². The van der Waals surface area contributed by atoms with Crippen LogP contribution in [-0.2, 0) is 6.61 Å². The van der Waals surface area contributed by atoms with Crippen LogP contribution in [0.25, 0.3) is 11.5 Å². The first-order chi connectivity index (χ1) is 10.2. The highest BCUT2D eigenvalue weighted by Gasteiger charge is 2.10. The number of benzene rings is 1. The molecular weight excluding hydrogens is 268 g/mol. The average molecular weight is 282 g/mol. The van der Waals surface area contributed by atoms with Gasteiger partial charge in [-0.2, -0.15) is 4.98 Å². The van der Waals surface area contributed by atoms with E-state index in [1.165, 1.54) is 0 Å². The Kier molecular flexibility index (Phi) is 3.51. The third kappa shape index (κ3) is 3.17. The van der Waals surface area contributed by atoms with E-state index in [-0.39, 0.29) is 6.61 Å². The fourth-order valence-electron chi connectivity index (χ4n) is 1.83. The Bertz CT molecular complexity index is 755. The van der Waals surface area contributed by atoms with E-state index in [0.717, 1.165) is 5.69 Å². The van der Waals surface area contributed by atoms with Crippen LogP contribution in [0.5, 0.6) is 5.75 Å². The Morgan fingerprint density at radius 2 is 2.00 bits per heavy atom. The van der Waals surface area contributed by atoms with Gasteiger partial charge in [0, 0.05) is 17.4 Å². The van der Waals surface area contributed by atoms with Gasteiger partial charge in [0.15, 0.2) is 6.61 Å². The molecule has 6 heteroatoms. The van der Waals surface area contributed by atoms with E-state index in [1.807, 2.05) is 37.3 Å². The van der Waals surface area contributed by atoms with Crippen LogP contribution in [-0.4, -0.2) is 15.1 Å². The Labute approximate surface area is 121 Å². The highest BCUT2D eigenvalue weighted by atomic mass is 16.5. The summed E-state index contributed by atoms with van der Waals surface area (Å²) in [6.45, 7) is 2.09. The largest absolute Gasteiger partial charge is 0.484 e. The number of nitrogens with zero attached hydrogens (tertiary/aromatic N) is 3.